The third-order valence-electron chi connectivity index (χ3n) is 16.5. The standard InChI is InChI=1S/C63H61IN2O2/c1-5-16-39(2)41(4)65(58-30-14-25-49-53-27-15-26-52(43-20-9-10-21-43)64(53)68-63(49)58)55-37-33-44-32-36-51-56(38-34-45-31-35-50(55)59(44)60(45)51)66(54-28-11-6-17-40(54)3)57-29-13-24-48-47-23-12-22-46(42-18-7-8-19-42)61(47)67-62(48)57/h5-6,11-12,14-15,17,22-23,25-36,38-39,42-43,53,55H,1,4,7-10,13,16,18-21,24,37H2,2-3H3/t39-,53?,55?/m1/s1. The molecule has 7 aromatic rings. The molecule has 3 heterocycles. The molecule has 6 aliphatic rings. The number of rotatable bonds is 11. The van der Waals surface area contributed by atoms with Crippen molar-refractivity contribution in [3.05, 3.63) is 189 Å². The van der Waals surface area contributed by atoms with Crippen LogP contribution in [0.15, 0.2) is 154 Å². The van der Waals surface area contributed by atoms with E-state index in [0.717, 1.165) is 59.9 Å². The van der Waals surface area contributed by atoms with Gasteiger partial charge in [0.05, 0.1) is 0 Å². The summed E-state index contributed by atoms with van der Waals surface area (Å²) in [7, 11) is 0. The van der Waals surface area contributed by atoms with E-state index in [2.05, 4.69) is 158 Å². The Balaban J connectivity index is 0.968. The number of halogens is 1. The second-order valence-electron chi connectivity index (χ2n) is 20.4. The number of benzene rings is 6. The first kappa shape index (κ1) is 42.3. The Morgan fingerprint density at radius 2 is 1.56 bits per heavy atom. The van der Waals surface area contributed by atoms with E-state index in [-0.39, 0.29) is 12.0 Å². The molecule has 2 saturated carbocycles. The van der Waals surface area contributed by atoms with E-state index in [1.54, 1.807) is 3.58 Å². The van der Waals surface area contributed by atoms with E-state index in [1.165, 1.54) is 123 Å². The van der Waals surface area contributed by atoms with Gasteiger partial charge in [0.1, 0.15) is 5.58 Å². The summed E-state index contributed by atoms with van der Waals surface area (Å²) in [5.41, 5.74) is 13.6. The quantitative estimate of drug-likeness (QED) is 0.0734. The van der Waals surface area contributed by atoms with Crippen molar-refractivity contribution in [2.45, 2.75) is 107 Å². The molecule has 68 heavy (non-hydrogen) atoms. The maximum atomic E-state index is 7.46. The minimum absolute atomic E-state index is 0.0310. The van der Waals surface area contributed by atoms with Gasteiger partial charge in [-0.05, 0) is 55.7 Å². The van der Waals surface area contributed by atoms with Gasteiger partial charge in [0.2, 0.25) is 0 Å². The molecule has 0 bridgehead atoms. The van der Waals surface area contributed by atoms with Crippen molar-refractivity contribution >= 4 is 81.6 Å². The van der Waals surface area contributed by atoms with Gasteiger partial charge >= 0.3 is 274 Å². The Labute approximate surface area is 409 Å². The molecule has 6 aromatic carbocycles. The van der Waals surface area contributed by atoms with Crippen LogP contribution in [0.4, 0.5) is 17.1 Å². The third kappa shape index (κ3) is 6.65. The Morgan fingerprint density at radius 1 is 0.779 bits per heavy atom. The monoisotopic (exact) mass is 1000 g/mol. The molecule has 0 spiro atoms. The molecular formula is C63H61IN2O2. The van der Waals surface area contributed by atoms with E-state index >= 15 is 0 Å². The molecule has 0 amide bonds. The topological polar surface area (TPSA) is 28.9 Å². The number of fused-ring (bicyclic) bond motifs is 6. The summed E-state index contributed by atoms with van der Waals surface area (Å²) in [6.07, 6.45) is 28.2. The van der Waals surface area contributed by atoms with Gasteiger partial charge in [-0.2, -0.15) is 0 Å². The van der Waals surface area contributed by atoms with Crippen LogP contribution in [-0.4, -0.2) is 0 Å². The summed E-state index contributed by atoms with van der Waals surface area (Å²) in [5, 5.41) is 7.76. The van der Waals surface area contributed by atoms with Gasteiger partial charge in [-0.1, -0.05) is 55.3 Å². The zero-order chi connectivity index (χ0) is 45.6. The van der Waals surface area contributed by atoms with Crippen molar-refractivity contribution in [2.24, 2.45) is 11.8 Å². The van der Waals surface area contributed by atoms with Crippen LogP contribution in [0.3, 0.4) is 0 Å². The average molecular weight is 1010 g/mol. The molecular weight excluding hydrogens is 944 g/mol. The fourth-order valence-electron chi connectivity index (χ4n) is 13.1. The van der Waals surface area contributed by atoms with Gasteiger partial charge in [0.25, 0.3) is 0 Å². The molecule has 2 aliphatic heterocycles. The molecule has 13 rings (SSSR count). The first-order valence-corrected chi connectivity index (χ1v) is 28.7. The molecule has 342 valence electrons. The normalized spacial score (nSPS) is 20.7. The fraction of sp³-hybridized carbons (Fsp3) is 0.302. The van der Waals surface area contributed by atoms with Crippen LogP contribution < -0.4 is 18.1 Å². The predicted octanol–water partition coefficient (Wildman–Crippen LogP) is 17.5. The molecule has 2 fully saturated rings. The molecule has 0 radical (unpaired) electrons. The molecule has 2 unspecified atom stereocenters. The zero-order valence-corrected chi connectivity index (χ0v) is 41.7. The summed E-state index contributed by atoms with van der Waals surface area (Å²) in [6, 6.07) is 37.1. The van der Waals surface area contributed by atoms with Crippen LogP contribution >= 0.6 is 20.2 Å². The maximum absolute atomic E-state index is 7.46. The van der Waals surface area contributed by atoms with Gasteiger partial charge in [0, 0.05) is 10.9 Å². The number of para-hydroxylation sites is 3. The van der Waals surface area contributed by atoms with E-state index in [9.17, 15) is 0 Å². The van der Waals surface area contributed by atoms with Crippen LogP contribution in [0.5, 0.6) is 5.75 Å². The minimum atomic E-state index is -2.00. The van der Waals surface area contributed by atoms with Gasteiger partial charge in [-0.15, -0.1) is 0 Å². The van der Waals surface area contributed by atoms with Crippen LogP contribution in [0.2, 0.25) is 0 Å². The number of nitrogens with zero attached hydrogens (tertiary/aromatic N) is 2. The van der Waals surface area contributed by atoms with Crippen LogP contribution in [0.1, 0.15) is 127 Å². The predicted molar refractivity (Wildman–Crippen MR) is 294 cm³/mol. The van der Waals surface area contributed by atoms with Gasteiger partial charge in [-0.3, -0.25) is 0 Å². The summed E-state index contributed by atoms with van der Waals surface area (Å²) in [6.45, 7) is 13.7. The second kappa shape index (κ2) is 17.0. The van der Waals surface area contributed by atoms with Crippen molar-refractivity contribution in [3.8, 4) is 5.75 Å². The molecule has 4 nitrogen and oxygen atoms in total. The summed E-state index contributed by atoms with van der Waals surface area (Å²) in [4.78, 5) is 5.12. The van der Waals surface area contributed by atoms with Crippen molar-refractivity contribution in [1.82, 2.24) is 0 Å². The van der Waals surface area contributed by atoms with Gasteiger partial charge in [0.15, 0.2) is 5.76 Å². The van der Waals surface area contributed by atoms with E-state index in [4.69, 9.17) is 14.1 Å². The first-order chi connectivity index (χ1) is 33.5. The molecule has 0 N–H and O–H groups in total. The Hall–Kier alpha value is -5.79. The molecule has 4 aliphatic carbocycles. The second-order valence-corrected chi connectivity index (χ2v) is 25.0. The number of furan rings is 1. The Bertz CT molecular complexity index is 3360. The molecule has 5 heteroatoms. The third-order valence-corrected chi connectivity index (χ3v) is 22.2. The molecule has 0 saturated heterocycles. The number of alkyl halides is 1. The summed E-state index contributed by atoms with van der Waals surface area (Å²) < 4.78 is 16.7. The zero-order valence-electron chi connectivity index (χ0n) is 39.6. The van der Waals surface area contributed by atoms with Crippen molar-refractivity contribution in [1.29, 1.82) is 0 Å². The van der Waals surface area contributed by atoms with E-state index in [0.29, 0.717) is 15.8 Å². The molecule has 1 aromatic heterocycles. The molecule has 3 atom stereocenters. The Morgan fingerprint density at radius 3 is 2.40 bits per heavy atom. The van der Waals surface area contributed by atoms with Crippen LogP contribution in [-0.2, 0) is 6.42 Å². The van der Waals surface area contributed by atoms with Crippen molar-refractivity contribution < 1.29 is 7.48 Å². The summed E-state index contributed by atoms with van der Waals surface area (Å²) >= 11 is -2.00. The van der Waals surface area contributed by atoms with Gasteiger partial charge < -0.3 is 4.42 Å². The van der Waals surface area contributed by atoms with Crippen LogP contribution in [0, 0.1) is 18.8 Å². The fourth-order valence-corrected chi connectivity index (χ4v) is 19.1. The number of allylic oxidation sites excluding steroid dienone is 7. The van der Waals surface area contributed by atoms with Gasteiger partial charge in [-0.25, -0.2) is 0 Å². The average Bonchev–Trinajstić information content (AvgIpc) is 4.22. The number of anilines is 3. The number of hydrogen-bond acceptors (Lipinski definition) is 4. The summed E-state index contributed by atoms with van der Waals surface area (Å²) in [5.74, 6) is 3.56. The number of hydrogen-bond donors (Lipinski definition) is 0. The number of aryl methyl sites for hydroxylation is 2. The Kier molecular flexibility index (Phi) is 10.6. The first-order valence-electron chi connectivity index (χ1n) is 25.5. The van der Waals surface area contributed by atoms with E-state index < -0.39 is 20.2 Å². The van der Waals surface area contributed by atoms with Crippen molar-refractivity contribution in [3.63, 3.8) is 0 Å². The van der Waals surface area contributed by atoms with Crippen molar-refractivity contribution in [2.75, 3.05) is 9.80 Å². The van der Waals surface area contributed by atoms with Crippen LogP contribution in [0.25, 0.3) is 44.3 Å². The van der Waals surface area contributed by atoms with E-state index in [1.807, 2.05) is 6.08 Å². The SMILES string of the molecule is C=CC[C@@H](C)C(=C)N(c1cccc2c1OI1C(C3CCCC3)=CC=CC21)C1CC=c2ccc3c(N(C4=CCCc5c4oc4c(C6CCCC6)cccc54)c4ccccc4C)ccc4ccc1c2c43.